The summed E-state index contributed by atoms with van der Waals surface area (Å²) in [7, 11) is 1.37. The van der Waals surface area contributed by atoms with Gasteiger partial charge in [0, 0.05) is 25.2 Å². The molecule has 2 aromatic heterocycles. The molecule has 0 aliphatic rings. The Morgan fingerprint density at radius 2 is 2.29 bits per heavy atom. The summed E-state index contributed by atoms with van der Waals surface area (Å²) in [5.41, 5.74) is 0.823. The lowest BCUT2D eigenvalue weighted by Gasteiger charge is -2.03. The molecule has 8 heteroatoms. The molecule has 0 bridgehead atoms. The number of carbonyl (C=O) groups is 1. The molecule has 0 aliphatic heterocycles. The Morgan fingerprint density at radius 3 is 3.00 bits per heavy atom. The van der Waals surface area contributed by atoms with Crippen molar-refractivity contribution in [3.63, 3.8) is 0 Å². The van der Waals surface area contributed by atoms with E-state index >= 15 is 0 Å². The number of carbonyl (C=O) groups excluding carboxylic acids is 1. The highest BCUT2D eigenvalue weighted by molar-refractivity contribution is 6.16. The minimum absolute atomic E-state index is 0.0624. The molecule has 2 aromatic rings. The number of aryl methyl sites for hydroxylation is 1. The van der Waals surface area contributed by atoms with Crippen LogP contribution >= 0.6 is 11.6 Å². The first-order valence-electron chi connectivity index (χ1n) is 6.38. The van der Waals surface area contributed by atoms with E-state index in [-0.39, 0.29) is 23.0 Å². The molecule has 0 amide bonds. The van der Waals surface area contributed by atoms with Crippen LogP contribution in [0.25, 0.3) is 5.69 Å². The lowest BCUT2D eigenvalue weighted by Crippen LogP contribution is -2.14. The summed E-state index contributed by atoms with van der Waals surface area (Å²) < 4.78 is 7.83. The molecular formula is C13H15ClN4O3. The molecule has 0 fully saturated rings. The topological polar surface area (TPSA) is 79.0 Å². The van der Waals surface area contributed by atoms with Crippen LogP contribution in [0.5, 0.6) is 0 Å². The summed E-state index contributed by atoms with van der Waals surface area (Å²) in [6.07, 6.45) is 5.96. The maximum Gasteiger partial charge on any atom is 0.305 e. The van der Waals surface area contributed by atoms with Crippen molar-refractivity contribution in [2.45, 2.75) is 25.3 Å². The van der Waals surface area contributed by atoms with Crippen LogP contribution < -0.4 is 5.43 Å². The average Bonchev–Trinajstić information content (AvgIpc) is 2.96. The van der Waals surface area contributed by atoms with E-state index in [0.717, 1.165) is 5.69 Å². The molecule has 21 heavy (non-hydrogen) atoms. The number of rotatable bonds is 6. The highest BCUT2D eigenvalue weighted by Crippen LogP contribution is 2.06. The van der Waals surface area contributed by atoms with Crippen LogP contribution in [0.1, 0.15) is 18.5 Å². The van der Waals surface area contributed by atoms with Crippen LogP contribution in [0.4, 0.5) is 0 Å². The monoisotopic (exact) mass is 310 g/mol. The highest BCUT2D eigenvalue weighted by atomic mass is 35.5. The van der Waals surface area contributed by atoms with Crippen molar-refractivity contribution < 1.29 is 9.53 Å². The van der Waals surface area contributed by atoms with Crippen LogP contribution in [0.3, 0.4) is 0 Å². The predicted octanol–water partition coefficient (Wildman–Crippen LogP) is 1.12. The average molecular weight is 311 g/mol. The Hall–Kier alpha value is -2.15. The number of esters is 1. The van der Waals surface area contributed by atoms with Crippen molar-refractivity contribution in [3.8, 4) is 5.69 Å². The molecule has 0 unspecified atom stereocenters. The number of alkyl halides is 1. The van der Waals surface area contributed by atoms with E-state index in [2.05, 4.69) is 14.9 Å². The first-order valence-corrected chi connectivity index (χ1v) is 6.92. The van der Waals surface area contributed by atoms with Crippen molar-refractivity contribution >= 4 is 17.6 Å². The molecule has 0 spiro atoms. The lowest BCUT2D eigenvalue weighted by atomic mass is 10.3. The van der Waals surface area contributed by atoms with E-state index in [4.69, 9.17) is 11.6 Å². The molecule has 0 atom stereocenters. The van der Waals surface area contributed by atoms with Gasteiger partial charge in [0.1, 0.15) is 11.4 Å². The van der Waals surface area contributed by atoms with Gasteiger partial charge in [-0.05, 0) is 6.42 Å². The Morgan fingerprint density at radius 1 is 1.48 bits per heavy atom. The van der Waals surface area contributed by atoms with Crippen LogP contribution in [0.2, 0.25) is 0 Å². The van der Waals surface area contributed by atoms with E-state index in [0.29, 0.717) is 19.4 Å². The summed E-state index contributed by atoms with van der Waals surface area (Å²) in [6, 6.07) is 1.42. The number of hydrogen-bond acceptors (Lipinski definition) is 5. The zero-order chi connectivity index (χ0) is 15.2. The van der Waals surface area contributed by atoms with Gasteiger partial charge in [-0.25, -0.2) is 4.68 Å². The normalized spacial score (nSPS) is 10.6. The fourth-order valence-electron chi connectivity index (χ4n) is 1.76. The van der Waals surface area contributed by atoms with Crippen LogP contribution in [0.15, 0.2) is 29.5 Å². The first-order chi connectivity index (χ1) is 10.1. The molecule has 2 heterocycles. The maximum absolute atomic E-state index is 11.4. The minimum atomic E-state index is -0.240. The van der Waals surface area contributed by atoms with Crippen LogP contribution in [-0.2, 0) is 22.0 Å². The van der Waals surface area contributed by atoms with Gasteiger partial charge in [0.15, 0.2) is 0 Å². The second kappa shape index (κ2) is 7.03. The van der Waals surface area contributed by atoms with E-state index in [9.17, 15) is 9.59 Å². The van der Waals surface area contributed by atoms with Crippen molar-refractivity contribution in [2.24, 2.45) is 0 Å². The van der Waals surface area contributed by atoms with Gasteiger partial charge in [-0.3, -0.25) is 14.3 Å². The van der Waals surface area contributed by atoms with Gasteiger partial charge in [0.2, 0.25) is 5.43 Å². The first kappa shape index (κ1) is 15.2. The van der Waals surface area contributed by atoms with Crippen molar-refractivity contribution in [1.82, 2.24) is 19.6 Å². The zero-order valence-corrected chi connectivity index (χ0v) is 12.3. The number of aromatic nitrogens is 4. The summed E-state index contributed by atoms with van der Waals surface area (Å²) in [5.74, 6) is -0.177. The SMILES string of the molecule is COC(=O)CCCn1cc(-n2ccc(=O)c(CCl)n2)cn1. The number of halogens is 1. The van der Waals surface area contributed by atoms with E-state index in [1.807, 2.05) is 0 Å². The standard InChI is InChI=1S/C13H15ClN4O3/c1-21-13(20)3-2-5-17-9-10(8-15-17)18-6-4-12(19)11(7-14)16-18/h4,6,8-9H,2-3,5,7H2,1H3. The molecule has 0 saturated carbocycles. The minimum Gasteiger partial charge on any atom is -0.469 e. The maximum atomic E-state index is 11.4. The Labute approximate surface area is 126 Å². The molecule has 7 nitrogen and oxygen atoms in total. The van der Waals surface area contributed by atoms with Crippen LogP contribution in [0, 0.1) is 0 Å². The number of ether oxygens (including phenoxy) is 1. The Bertz CT molecular complexity index is 680. The molecular weight excluding hydrogens is 296 g/mol. The van der Waals surface area contributed by atoms with E-state index in [1.165, 1.54) is 13.2 Å². The summed E-state index contributed by atoms with van der Waals surface area (Å²) in [6.45, 7) is 0.595. The van der Waals surface area contributed by atoms with Crippen LogP contribution in [-0.4, -0.2) is 32.6 Å². The molecule has 112 valence electrons. The van der Waals surface area contributed by atoms with Crippen molar-refractivity contribution in [1.29, 1.82) is 0 Å². The van der Waals surface area contributed by atoms with Gasteiger partial charge in [0.05, 0.1) is 25.4 Å². The van der Waals surface area contributed by atoms with E-state index < -0.39 is 0 Å². The van der Waals surface area contributed by atoms with Gasteiger partial charge in [-0.2, -0.15) is 10.2 Å². The second-order valence-corrected chi connectivity index (χ2v) is 4.61. The smallest absolute Gasteiger partial charge is 0.305 e. The highest BCUT2D eigenvalue weighted by Gasteiger charge is 2.06. The number of methoxy groups -OCH3 is 1. The van der Waals surface area contributed by atoms with Gasteiger partial charge < -0.3 is 4.74 Å². The Kier molecular flexibility index (Phi) is 5.10. The molecule has 0 aromatic carbocycles. The van der Waals surface area contributed by atoms with Crippen molar-refractivity contribution in [3.05, 3.63) is 40.6 Å². The molecule has 0 aliphatic carbocycles. The predicted molar refractivity (Wildman–Crippen MR) is 76.4 cm³/mol. The van der Waals surface area contributed by atoms with E-state index in [1.54, 1.807) is 28.0 Å². The molecule has 0 N–H and O–H groups in total. The van der Waals surface area contributed by atoms with Gasteiger partial charge in [-0.1, -0.05) is 0 Å². The third-order valence-electron chi connectivity index (χ3n) is 2.89. The second-order valence-electron chi connectivity index (χ2n) is 4.35. The van der Waals surface area contributed by atoms with Gasteiger partial charge in [0.25, 0.3) is 0 Å². The third kappa shape index (κ3) is 3.91. The lowest BCUT2D eigenvalue weighted by molar-refractivity contribution is -0.140. The summed E-state index contributed by atoms with van der Waals surface area (Å²) in [5, 5.41) is 8.33. The zero-order valence-electron chi connectivity index (χ0n) is 11.5. The molecule has 2 rings (SSSR count). The Balaban J connectivity index is 2.06. The quantitative estimate of drug-likeness (QED) is 0.590. The number of hydrogen-bond donors (Lipinski definition) is 0. The fraction of sp³-hybridized carbons (Fsp3) is 0.385. The molecule has 0 radical (unpaired) electrons. The fourth-order valence-corrected chi connectivity index (χ4v) is 1.95. The third-order valence-corrected chi connectivity index (χ3v) is 3.14. The van der Waals surface area contributed by atoms with Gasteiger partial charge in [-0.15, -0.1) is 11.6 Å². The summed E-state index contributed by atoms with van der Waals surface area (Å²) in [4.78, 5) is 22.5. The van der Waals surface area contributed by atoms with Crippen molar-refractivity contribution in [2.75, 3.05) is 7.11 Å². The van der Waals surface area contributed by atoms with Gasteiger partial charge >= 0.3 is 5.97 Å². The summed E-state index contributed by atoms with van der Waals surface area (Å²) >= 11 is 5.67. The largest absolute Gasteiger partial charge is 0.469 e. The number of nitrogens with zero attached hydrogens (tertiary/aromatic N) is 4. The molecule has 0 saturated heterocycles.